The number of aliphatic hydroxyl groups is 1. The summed E-state index contributed by atoms with van der Waals surface area (Å²) in [5.74, 6) is 0. The Morgan fingerprint density at radius 2 is 1.85 bits per heavy atom. The maximum atomic E-state index is 8.95. The molecule has 0 saturated heterocycles. The monoisotopic (exact) mass is 189 g/mol. The minimum atomic E-state index is -0.328. The van der Waals surface area contributed by atoms with Crippen molar-refractivity contribution in [3.05, 3.63) is 0 Å². The number of hydrogen-bond acceptors (Lipinski definition) is 3. The molecule has 0 rings (SSSR count). The number of aliphatic hydroxyl groups excluding tert-OH is 1. The van der Waals surface area contributed by atoms with Gasteiger partial charge in [-0.3, -0.25) is 0 Å². The van der Waals surface area contributed by atoms with Crippen molar-refractivity contribution in [2.75, 3.05) is 19.8 Å². The Kier molecular flexibility index (Phi) is 4.89. The van der Waals surface area contributed by atoms with Crippen LogP contribution in [0.25, 0.3) is 0 Å². The van der Waals surface area contributed by atoms with Gasteiger partial charge in [0.25, 0.3) is 0 Å². The SMILES string of the molecule is CCOCC(C)(CCO)C(C)(C)N. The van der Waals surface area contributed by atoms with Gasteiger partial charge in [0, 0.05) is 24.2 Å². The van der Waals surface area contributed by atoms with E-state index in [1.807, 2.05) is 20.8 Å². The summed E-state index contributed by atoms with van der Waals surface area (Å²) in [6.07, 6.45) is 0.677. The predicted octanol–water partition coefficient (Wildman–Crippen LogP) is 1.15. The molecule has 3 nitrogen and oxygen atoms in total. The first kappa shape index (κ1) is 12.9. The van der Waals surface area contributed by atoms with Gasteiger partial charge in [0.2, 0.25) is 0 Å². The van der Waals surface area contributed by atoms with E-state index in [2.05, 4.69) is 6.92 Å². The Hall–Kier alpha value is -0.120. The average Bonchev–Trinajstić information content (AvgIpc) is 1.99. The maximum Gasteiger partial charge on any atom is 0.0537 e. The van der Waals surface area contributed by atoms with Crippen molar-refractivity contribution in [1.82, 2.24) is 0 Å². The molecule has 0 aliphatic heterocycles. The second-order valence-electron chi connectivity index (χ2n) is 4.39. The molecule has 0 amide bonds. The number of hydrogen-bond donors (Lipinski definition) is 2. The zero-order chi connectivity index (χ0) is 10.5. The molecule has 0 aliphatic rings. The van der Waals surface area contributed by atoms with Crippen LogP contribution in [-0.4, -0.2) is 30.5 Å². The molecule has 0 heterocycles. The van der Waals surface area contributed by atoms with Crippen LogP contribution in [0, 0.1) is 5.41 Å². The van der Waals surface area contributed by atoms with Gasteiger partial charge in [-0.15, -0.1) is 0 Å². The van der Waals surface area contributed by atoms with Crippen LogP contribution >= 0.6 is 0 Å². The topological polar surface area (TPSA) is 55.5 Å². The smallest absolute Gasteiger partial charge is 0.0537 e. The molecular weight excluding hydrogens is 166 g/mol. The third-order valence-corrected chi connectivity index (χ3v) is 2.84. The van der Waals surface area contributed by atoms with Crippen molar-refractivity contribution in [3.8, 4) is 0 Å². The number of ether oxygens (including phenoxy) is 1. The molecule has 0 aliphatic carbocycles. The van der Waals surface area contributed by atoms with Crippen molar-refractivity contribution in [1.29, 1.82) is 0 Å². The van der Waals surface area contributed by atoms with Gasteiger partial charge in [0.05, 0.1) is 6.61 Å². The molecular formula is C10H23NO2. The lowest BCUT2D eigenvalue weighted by molar-refractivity contribution is 0.00410. The highest BCUT2D eigenvalue weighted by atomic mass is 16.5. The molecule has 1 unspecified atom stereocenters. The highest BCUT2D eigenvalue weighted by Crippen LogP contribution is 2.32. The zero-order valence-corrected chi connectivity index (χ0v) is 9.26. The molecule has 0 radical (unpaired) electrons. The maximum absolute atomic E-state index is 8.95. The minimum absolute atomic E-state index is 0.155. The third kappa shape index (κ3) is 3.63. The zero-order valence-electron chi connectivity index (χ0n) is 9.26. The minimum Gasteiger partial charge on any atom is -0.396 e. The molecule has 13 heavy (non-hydrogen) atoms. The predicted molar refractivity (Wildman–Crippen MR) is 54.6 cm³/mol. The lowest BCUT2D eigenvalue weighted by atomic mass is 9.72. The van der Waals surface area contributed by atoms with Gasteiger partial charge in [-0.2, -0.15) is 0 Å². The van der Waals surface area contributed by atoms with E-state index in [0.717, 1.165) is 0 Å². The van der Waals surface area contributed by atoms with Gasteiger partial charge < -0.3 is 15.6 Å². The van der Waals surface area contributed by atoms with E-state index >= 15 is 0 Å². The number of rotatable bonds is 6. The van der Waals surface area contributed by atoms with Crippen molar-refractivity contribution in [3.63, 3.8) is 0 Å². The fourth-order valence-corrected chi connectivity index (χ4v) is 1.15. The molecule has 0 saturated carbocycles. The summed E-state index contributed by atoms with van der Waals surface area (Å²) < 4.78 is 5.39. The summed E-state index contributed by atoms with van der Waals surface area (Å²) in [5.41, 5.74) is 5.57. The van der Waals surface area contributed by atoms with Crippen LogP contribution in [0.2, 0.25) is 0 Å². The van der Waals surface area contributed by atoms with Crippen molar-refractivity contribution in [2.24, 2.45) is 11.1 Å². The molecule has 0 spiro atoms. The summed E-state index contributed by atoms with van der Waals surface area (Å²) in [6.45, 7) is 9.42. The highest BCUT2D eigenvalue weighted by molar-refractivity contribution is 4.93. The van der Waals surface area contributed by atoms with E-state index in [1.165, 1.54) is 0 Å². The Labute approximate surface area is 81.3 Å². The van der Waals surface area contributed by atoms with Gasteiger partial charge in [-0.1, -0.05) is 6.92 Å². The summed E-state index contributed by atoms with van der Waals surface area (Å²) >= 11 is 0. The van der Waals surface area contributed by atoms with E-state index < -0.39 is 0 Å². The lowest BCUT2D eigenvalue weighted by Crippen LogP contribution is -2.52. The third-order valence-electron chi connectivity index (χ3n) is 2.84. The molecule has 0 fully saturated rings. The van der Waals surface area contributed by atoms with Gasteiger partial charge in [-0.05, 0) is 27.2 Å². The second kappa shape index (κ2) is 4.94. The van der Waals surface area contributed by atoms with E-state index in [9.17, 15) is 0 Å². The van der Waals surface area contributed by atoms with Crippen LogP contribution in [-0.2, 0) is 4.74 Å². The first-order valence-electron chi connectivity index (χ1n) is 4.85. The van der Waals surface area contributed by atoms with E-state index in [0.29, 0.717) is 19.6 Å². The summed E-state index contributed by atoms with van der Waals surface area (Å²) in [5, 5.41) is 8.95. The van der Waals surface area contributed by atoms with Crippen LogP contribution in [0.5, 0.6) is 0 Å². The lowest BCUT2D eigenvalue weighted by Gasteiger charge is -2.41. The van der Waals surface area contributed by atoms with Crippen LogP contribution in [0.15, 0.2) is 0 Å². The van der Waals surface area contributed by atoms with Crippen LogP contribution in [0.1, 0.15) is 34.1 Å². The van der Waals surface area contributed by atoms with Crippen molar-refractivity contribution in [2.45, 2.75) is 39.7 Å². The Bertz CT molecular complexity index is 142. The molecule has 3 heteroatoms. The average molecular weight is 189 g/mol. The Morgan fingerprint density at radius 3 is 2.15 bits per heavy atom. The summed E-state index contributed by atoms with van der Waals surface area (Å²) in [6, 6.07) is 0. The summed E-state index contributed by atoms with van der Waals surface area (Å²) in [4.78, 5) is 0. The van der Waals surface area contributed by atoms with Crippen molar-refractivity contribution < 1.29 is 9.84 Å². The molecule has 0 aromatic carbocycles. The van der Waals surface area contributed by atoms with E-state index in [-0.39, 0.29) is 17.6 Å². The molecule has 3 N–H and O–H groups in total. The van der Waals surface area contributed by atoms with Crippen LogP contribution in [0.4, 0.5) is 0 Å². The fraction of sp³-hybridized carbons (Fsp3) is 1.00. The van der Waals surface area contributed by atoms with Gasteiger partial charge in [-0.25, -0.2) is 0 Å². The van der Waals surface area contributed by atoms with Gasteiger partial charge >= 0.3 is 0 Å². The molecule has 80 valence electrons. The highest BCUT2D eigenvalue weighted by Gasteiger charge is 2.37. The first-order valence-corrected chi connectivity index (χ1v) is 4.85. The largest absolute Gasteiger partial charge is 0.396 e. The second-order valence-corrected chi connectivity index (χ2v) is 4.39. The quantitative estimate of drug-likeness (QED) is 0.659. The fourth-order valence-electron chi connectivity index (χ4n) is 1.15. The van der Waals surface area contributed by atoms with Gasteiger partial charge in [0.15, 0.2) is 0 Å². The van der Waals surface area contributed by atoms with E-state index in [4.69, 9.17) is 15.6 Å². The Morgan fingerprint density at radius 1 is 1.31 bits per heavy atom. The standard InChI is InChI=1S/C10H23NO2/c1-5-13-8-10(4,6-7-12)9(2,3)11/h12H,5-8,11H2,1-4H3. The number of nitrogens with two attached hydrogens (primary N) is 1. The van der Waals surface area contributed by atoms with E-state index in [1.54, 1.807) is 0 Å². The Balaban J connectivity index is 4.34. The molecule has 0 bridgehead atoms. The van der Waals surface area contributed by atoms with Crippen LogP contribution < -0.4 is 5.73 Å². The normalized spacial score (nSPS) is 17.1. The van der Waals surface area contributed by atoms with Crippen molar-refractivity contribution >= 4 is 0 Å². The van der Waals surface area contributed by atoms with Crippen LogP contribution in [0.3, 0.4) is 0 Å². The summed E-state index contributed by atoms with van der Waals surface area (Å²) in [7, 11) is 0. The molecule has 0 aromatic heterocycles. The first-order chi connectivity index (χ1) is 5.87. The molecule has 1 atom stereocenters. The van der Waals surface area contributed by atoms with Gasteiger partial charge in [0.1, 0.15) is 0 Å². The molecule has 0 aromatic rings.